The summed E-state index contributed by atoms with van der Waals surface area (Å²) in [5.74, 6) is -1.09. The molecule has 0 aliphatic heterocycles. The van der Waals surface area contributed by atoms with E-state index in [0.717, 1.165) is 16.7 Å². The SMILES string of the molecule is O=C(NCCc1cccc(F)c1)C(c1cccnc1)N(C(=O)c1cocn1)C1Cc2ccccc21. The molecular weight excluding hydrogens is 447 g/mol. The van der Waals surface area contributed by atoms with Crippen molar-refractivity contribution in [3.8, 4) is 0 Å². The van der Waals surface area contributed by atoms with Gasteiger partial charge in [0.1, 0.15) is 18.1 Å². The van der Waals surface area contributed by atoms with Gasteiger partial charge >= 0.3 is 0 Å². The van der Waals surface area contributed by atoms with E-state index in [1.54, 1.807) is 41.6 Å². The number of nitrogens with one attached hydrogen (secondary N) is 1. The molecule has 0 spiro atoms. The molecule has 0 saturated heterocycles. The van der Waals surface area contributed by atoms with Crippen molar-refractivity contribution in [3.63, 3.8) is 0 Å². The number of pyridine rings is 1. The fraction of sp³-hybridized carbons (Fsp3) is 0.185. The molecule has 35 heavy (non-hydrogen) atoms. The summed E-state index contributed by atoms with van der Waals surface area (Å²) >= 11 is 0. The molecule has 0 bridgehead atoms. The summed E-state index contributed by atoms with van der Waals surface area (Å²) in [6, 6.07) is 16.4. The lowest BCUT2D eigenvalue weighted by Crippen LogP contribution is -2.48. The van der Waals surface area contributed by atoms with Gasteiger partial charge < -0.3 is 14.6 Å². The van der Waals surface area contributed by atoms with Crippen LogP contribution in [0.3, 0.4) is 0 Å². The molecule has 7 nitrogen and oxygen atoms in total. The van der Waals surface area contributed by atoms with Gasteiger partial charge in [-0.2, -0.15) is 0 Å². The average molecular weight is 471 g/mol. The van der Waals surface area contributed by atoms with E-state index in [1.807, 2.05) is 24.3 Å². The topological polar surface area (TPSA) is 88.3 Å². The molecule has 5 rings (SSSR count). The van der Waals surface area contributed by atoms with E-state index in [2.05, 4.69) is 15.3 Å². The highest BCUT2D eigenvalue weighted by atomic mass is 19.1. The van der Waals surface area contributed by atoms with Crippen molar-refractivity contribution < 1.29 is 18.4 Å². The summed E-state index contributed by atoms with van der Waals surface area (Å²) in [6.07, 6.45) is 6.75. The minimum atomic E-state index is -0.946. The van der Waals surface area contributed by atoms with Crippen LogP contribution in [0.25, 0.3) is 0 Å². The van der Waals surface area contributed by atoms with Crippen LogP contribution in [-0.4, -0.2) is 33.2 Å². The fourth-order valence-corrected chi connectivity index (χ4v) is 4.46. The number of rotatable bonds is 8. The van der Waals surface area contributed by atoms with E-state index in [9.17, 15) is 14.0 Å². The highest BCUT2D eigenvalue weighted by molar-refractivity contribution is 5.97. The lowest BCUT2D eigenvalue weighted by atomic mass is 9.81. The van der Waals surface area contributed by atoms with Crippen LogP contribution in [0.2, 0.25) is 0 Å². The van der Waals surface area contributed by atoms with Gasteiger partial charge in [0.25, 0.3) is 5.91 Å². The average Bonchev–Trinajstić information content (AvgIpc) is 3.40. The van der Waals surface area contributed by atoms with Gasteiger partial charge in [0.15, 0.2) is 12.1 Å². The second kappa shape index (κ2) is 9.89. The minimum absolute atomic E-state index is 0.121. The van der Waals surface area contributed by atoms with E-state index in [-0.39, 0.29) is 30.0 Å². The number of amides is 2. The maximum atomic E-state index is 13.7. The molecule has 0 radical (unpaired) electrons. The number of benzene rings is 2. The maximum Gasteiger partial charge on any atom is 0.277 e. The van der Waals surface area contributed by atoms with Crippen molar-refractivity contribution >= 4 is 11.8 Å². The summed E-state index contributed by atoms with van der Waals surface area (Å²) in [5.41, 5.74) is 3.59. The van der Waals surface area contributed by atoms with Crippen molar-refractivity contribution in [3.05, 3.63) is 119 Å². The molecule has 1 aliphatic rings. The standard InChI is InChI=1S/C27H23FN4O3/c28-21-8-3-5-18(13-21)10-12-30-26(33)25(20-7-4-11-29-15-20)32(27(34)23-16-35-17-31-23)24-14-19-6-1-2-9-22(19)24/h1-9,11,13,15-17,24-25H,10,12,14H2,(H,30,33). The van der Waals surface area contributed by atoms with Gasteiger partial charge in [0.2, 0.25) is 5.91 Å². The zero-order valence-corrected chi connectivity index (χ0v) is 18.8. The van der Waals surface area contributed by atoms with E-state index in [1.165, 1.54) is 24.8 Å². The Labute approximate surface area is 201 Å². The van der Waals surface area contributed by atoms with Crippen LogP contribution in [-0.2, 0) is 17.6 Å². The molecule has 1 N–H and O–H groups in total. The summed E-state index contributed by atoms with van der Waals surface area (Å²) in [4.78, 5) is 37.1. The maximum absolute atomic E-state index is 13.7. The molecule has 176 valence electrons. The Bertz CT molecular complexity index is 1330. The van der Waals surface area contributed by atoms with Crippen molar-refractivity contribution in [1.82, 2.24) is 20.2 Å². The molecule has 0 fully saturated rings. The van der Waals surface area contributed by atoms with Crippen molar-refractivity contribution in [2.75, 3.05) is 6.54 Å². The van der Waals surface area contributed by atoms with Crippen LogP contribution < -0.4 is 5.32 Å². The summed E-state index contributed by atoms with van der Waals surface area (Å²) < 4.78 is 18.6. The number of carbonyl (C=O) groups is 2. The predicted octanol–water partition coefficient (Wildman–Crippen LogP) is 4.05. The van der Waals surface area contributed by atoms with Gasteiger partial charge in [0, 0.05) is 24.5 Å². The zero-order chi connectivity index (χ0) is 24.2. The first kappa shape index (κ1) is 22.5. The van der Waals surface area contributed by atoms with Gasteiger partial charge in [-0.15, -0.1) is 0 Å². The van der Waals surface area contributed by atoms with Gasteiger partial charge in [-0.05, 0) is 47.7 Å². The Morgan fingerprint density at radius 1 is 1.14 bits per heavy atom. The third-order valence-corrected chi connectivity index (χ3v) is 6.18. The van der Waals surface area contributed by atoms with Crippen LogP contribution in [0.1, 0.15) is 44.8 Å². The molecular formula is C27H23FN4O3. The zero-order valence-electron chi connectivity index (χ0n) is 18.8. The van der Waals surface area contributed by atoms with Crippen LogP contribution >= 0.6 is 0 Å². The third-order valence-electron chi connectivity index (χ3n) is 6.18. The van der Waals surface area contributed by atoms with E-state index >= 15 is 0 Å². The van der Waals surface area contributed by atoms with E-state index < -0.39 is 11.9 Å². The Morgan fingerprint density at radius 2 is 2.03 bits per heavy atom. The van der Waals surface area contributed by atoms with Gasteiger partial charge in [0.05, 0.1) is 6.04 Å². The third kappa shape index (κ3) is 4.68. The Kier molecular flexibility index (Phi) is 6.34. The van der Waals surface area contributed by atoms with E-state index in [0.29, 0.717) is 18.4 Å². The molecule has 2 amide bonds. The second-order valence-corrected chi connectivity index (χ2v) is 8.36. The van der Waals surface area contributed by atoms with Crippen LogP contribution in [0.5, 0.6) is 0 Å². The smallest absolute Gasteiger partial charge is 0.277 e. The monoisotopic (exact) mass is 470 g/mol. The number of hydrogen-bond donors (Lipinski definition) is 1. The summed E-state index contributed by atoms with van der Waals surface area (Å²) in [7, 11) is 0. The number of nitrogens with zero attached hydrogens (tertiary/aromatic N) is 3. The second-order valence-electron chi connectivity index (χ2n) is 8.36. The summed E-state index contributed by atoms with van der Waals surface area (Å²) in [5, 5.41) is 2.93. The van der Waals surface area contributed by atoms with Crippen molar-refractivity contribution in [2.45, 2.75) is 24.9 Å². The van der Waals surface area contributed by atoms with Gasteiger partial charge in [-0.25, -0.2) is 9.37 Å². The quantitative estimate of drug-likeness (QED) is 0.420. The van der Waals surface area contributed by atoms with Gasteiger partial charge in [-0.1, -0.05) is 42.5 Å². The lowest BCUT2D eigenvalue weighted by Gasteiger charge is -2.43. The largest absolute Gasteiger partial charge is 0.451 e. The normalized spacial score (nSPS) is 14.9. The molecule has 1 aliphatic carbocycles. The van der Waals surface area contributed by atoms with Crippen LogP contribution in [0, 0.1) is 5.82 Å². The predicted molar refractivity (Wildman–Crippen MR) is 126 cm³/mol. The molecule has 4 aromatic rings. The fourth-order valence-electron chi connectivity index (χ4n) is 4.46. The number of carbonyl (C=O) groups excluding carboxylic acids is 2. The molecule has 2 heterocycles. The van der Waals surface area contributed by atoms with Crippen molar-refractivity contribution in [2.24, 2.45) is 0 Å². The molecule has 2 aromatic carbocycles. The Hall–Kier alpha value is -4.33. The molecule has 2 aromatic heterocycles. The lowest BCUT2D eigenvalue weighted by molar-refractivity contribution is -0.126. The minimum Gasteiger partial charge on any atom is -0.451 e. The Morgan fingerprint density at radius 3 is 2.77 bits per heavy atom. The molecule has 2 unspecified atom stereocenters. The molecule has 2 atom stereocenters. The first-order chi connectivity index (χ1) is 17.1. The first-order valence-corrected chi connectivity index (χ1v) is 11.3. The van der Waals surface area contributed by atoms with Crippen LogP contribution in [0.4, 0.5) is 4.39 Å². The molecule has 8 heteroatoms. The van der Waals surface area contributed by atoms with Crippen molar-refractivity contribution in [1.29, 1.82) is 0 Å². The number of fused-ring (bicyclic) bond motifs is 1. The molecule has 0 saturated carbocycles. The van der Waals surface area contributed by atoms with Gasteiger partial charge in [-0.3, -0.25) is 14.6 Å². The van der Waals surface area contributed by atoms with E-state index in [4.69, 9.17) is 4.42 Å². The first-order valence-electron chi connectivity index (χ1n) is 11.3. The number of oxazole rings is 1. The number of halogens is 1. The summed E-state index contributed by atoms with van der Waals surface area (Å²) in [6.45, 7) is 0.284. The highest BCUT2D eigenvalue weighted by Gasteiger charge is 2.42. The Balaban J connectivity index is 1.46. The number of hydrogen-bond acceptors (Lipinski definition) is 5. The van der Waals surface area contributed by atoms with Crippen LogP contribution in [0.15, 0.2) is 90.1 Å². The highest BCUT2D eigenvalue weighted by Crippen LogP contribution is 2.42. The number of aromatic nitrogens is 2.